The van der Waals surface area contributed by atoms with E-state index in [-0.39, 0.29) is 6.04 Å². The predicted octanol–water partition coefficient (Wildman–Crippen LogP) is 4.00. The van der Waals surface area contributed by atoms with Crippen molar-refractivity contribution in [3.8, 4) is 5.75 Å². The molecule has 0 bridgehead atoms. The summed E-state index contributed by atoms with van der Waals surface area (Å²) in [5.41, 5.74) is 0.808. The Morgan fingerprint density at radius 2 is 1.80 bits per heavy atom. The summed E-state index contributed by atoms with van der Waals surface area (Å²) in [6, 6.07) is 7.18. The number of hydrogen-bond acceptors (Lipinski definition) is 4. The molecule has 0 aliphatic carbocycles. The minimum Gasteiger partial charge on any atom is -0.494 e. The number of benzene rings is 1. The van der Waals surface area contributed by atoms with Crippen molar-refractivity contribution >= 4 is 11.4 Å². The number of nitrogens with one attached hydrogen (secondary N) is 1. The van der Waals surface area contributed by atoms with Crippen LogP contribution in [0.5, 0.6) is 5.75 Å². The molecule has 1 aliphatic rings. The van der Waals surface area contributed by atoms with E-state index in [1.165, 1.54) is 12.1 Å². The third kappa shape index (κ3) is 3.87. The highest BCUT2D eigenvalue weighted by atomic mass is 19.4. The molecule has 1 saturated heterocycles. The van der Waals surface area contributed by atoms with Crippen molar-refractivity contribution < 1.29 is 17.9 Å². The Balaban J connectivity index is 2.02. The molecule has 2 heterocycles. The number of rotatable bonds is 4. The summed E-state index contributed by atoms with van der Waals surface area (Å²) in [6.45, 7) is 1.73. The van der Waals surface area contributed by atoms with Gasteiger partial charge in [-0.05, 0) is 50.2 Å². The van der Waals surface area contributed by atoms with Gasteiger partial charge < -0.3 is 15.0 Å². The second kappa shape index (κ2) is 7.31. The first-order valence-electron chi connectivity index (χ1n) is 8.16. The highest BCUT2D eigenvalue weighted by Crippen LogP contribution is 2.38. The van der Waals surface area contributed by atoms with Crippen molar-refractivity contribution in [3.05, 3.63) is 48.3 Å². The lowest BCUT2D eigenvalue weighted by molar-refractivity contribution is -0.137. The van der Waals surface area contributed by atoms with Gasteiger partial charge >= 0.3 is 6.18 Å². The molecular weight excluding hydrogens is 331 g/mol. The molecule has 1 aromatic carbocycles. The third-order valence-electron chi connectivity index (χ3n) is 4.39. The van der Waals surface area contributed by atoms with E-state index in [0.29, 0.717) is 11.4 Å². The van der Waals surface area contributed by atoms with Gasteiger partial charge in [0, 0.05) is 24.0 Å². The van der Waals surface area contributed by atoms with Gasteiger partial charge in [-0.3, -0.25) is 4.98 Å². The Kier molecular flexibility index (Phi) is 5.13. The van der Waals surface area contributed by atoms with Gasteiger partial charge in [0.25, 0.3) is 0 Å². The van der Waals surface area contributed by atoms with E-state index in [1.54, 1.807) is 25.6 Å². The lowest BCUT2D eigenvalue weighted by Crippen LogP contribution is -2.41. The van der Waals surface area contributed by atoms with Crippen molar-refractivity contribution in [2.75, 3.05) is 25.1 Å². The maximum Gasteiger partial charge on any atom is 0.416 e. The molecule has 0 amide bonds. The van der Waals surface area contributed by atoms with Crippen LogP contribution in [0.25, 0.3) is 0 Å². The van der Waals surface area contributed by atoms with E-state index < -0.39 is 11.7 Å². The van der Waals surface area contributed by atoms with Gasteiger partial charge in [0.2, 0.25) is 0 Å². The third-order valence-corrected chi connectivity index (χ3v) is 4.39. The summed E-state index contributed by atoms with van der Waals surface area (Å²) in [7, 11) is 1.58. The van der Waals surface area contributed by atoms with E-state index in [4.69, 9.17) is 4.74 Å². The summed E-state index contributed by atoms with van der Waals surface area (Å²) >= 11 is 0. The zero-order valence-corrected chi connectivity index (χ0v) is 13.9. The quantitative estimate of drug-likeness (QED) is 0.904. The van der Waals surface area contributed by atoms with Crippen LogP contribution in [0.1, 0.15) is 18.4 Å². The fourth-order valence-corrected chi connectivity index (χ4v) is 3.15. The number of piperidine rings is 1. The van der Waals surface area contributed by atoms with Crippen LogP contribution < -0.4 is 15.0 Å². The van der Waals surface area contributed by atoms with Crippen molar-refractivity contribution in [3.63, 3.8) is 0 Å². The SMILES string of the molecule is COc1ccncc1N(c1ccc(C(F)(F)F)cc1)C1CCNCC1. The number of ether oxygens (including phenoxy) is 1. The van der Waals surface area contributed by atoms with Gasteiger partial charge in [0.1, 0.15) is 11.4 Å². The predicted molar refractivity (Wildman–Crippen MR) is 90.3 cm³/mol. The van der Waals surface area contributed by atoms with Crippen LogP contribution >= 0.6 is 0 Å². The lowest BCUT2D eigenvalue weighted by Gasteiger charge is -2.37. The number of aromatic nitrogens is 1. The smallest absolute Gasteiger partial charge is 0.416 e. The molecule has 0 atom stereocenters. The largest absolute Gasteiger partial charge is 0.494 e. The molecule has 0 spiro atoms. The summed E-state index contributed by atoms with van der Waals surface area (Å²) in [5, 5.41) is 3.31. The molecule has 0 saturated carbocycles. The Morgan fingerprint density at radius 1 is 1.12 bits per heavy atom. The van der Waals surface area contributed by atoms with E-state index in [2.05, 4.69) is 10.3 Å². The van der Waals surface area contributed by atoms with E-state index >= 15 is 0 Å². The van der Waals surface area contributed by atoms with Crippen molar-refractivity contribution in [2.24, 2.45) is 0 Å². The zero-order valence-electron chi connectivity index (χ0n) is 13.9. The van der Waals surface area contributed by atoms with Gasteiger partial charge in [0.15, 0.2) is 0 Å². The number of halogens is 3. The minimum absolute atomic E-state index is 0.163. The van der Waals surface area contributed by atoms with Crippen molar-refractivity contribution in [2.45, 2.75) is 25.1 Å². The average molecular weight is 351 g/mol. The lowest BCUT2D eigenvalue weighted by atomic mass is 10.0. The highest BCUT2D eigenvalue weighted by molar-refractivity contribution is 5.69. The fourth-order valence-electron chi connectivity index (χ4n) is 3.15. The van der Waals surface area contributed by atoms with Gasteiger partial charge in [-0.25, -0.2) is 0 Å². The second-order valence-corrected chi connectivity index (χ2v) is 5.94. The molecule has 1 N–H and O–H groups in total. The Hall–Kier alpha value is -2.28. The molecule has 0 radical (unpaired) electrons. The first-order chi connectivity index (χ1) is 12.0. The number of nitrogens with zero attached hydrogens (tertiary/aromatic N) is 2. The second-order valence-electron chi connectivity index (χ2n) is 5.94. The molecule has 134 valence electrons. The van der Waals surface area contributed by atoms with Crippen LogP contribution in [-0.2, 0) is 6.18 Å². The van der Waals surface area contributed by atoms with E-state index in [9.17, 15) is 13.2 Å². The molecule has 4 nitrogen and oxygen atoms in total. The molecular formula is C18H20F3N3O. The van der Waals surface area contributed by atoms with Crippen molar-refractivity contribution in [1.29, 1.82) is 0 Å². The molecule has 7 heteroatoms. The number of methoxy groups -OCH3 is 1. The summed E-state index contributed by atoms with van der Waals surface area (Å²) < 4.78 is 44.0. The molecule has 1 aromatic heterocycles. The molecule has 1 fully saturated rings. The Labute approximate surface area is 144 Å². The van der Waals surface area contributed by atoms with Gasteiger partial charge in [-0.1, -0.05) is 0 Å². The number of pyridine rings is 1. The molecule has 1 aliphatic heterocycles. The van der Waals surface area contributed by atoms with Crippen LogP contribution in [0.4, 0.5) is 24.5 Å². The summed E-state index contributed by atoms with van der Waals surface area (Å²) in [5.74, 6) is 0.647. The van der Waals surface area contributed by atoms with Gasteiger partial charge in [-0.2, -0.15) is 13.2 Å². The van der Waals surface area contributed by atoms with Crippen molar-refractivity contribution in [1.82, 2.24) is 10.3 Å². The summed E-state index contributed by atoms with van der Waals surface area (Å²) in [4.78, 5) is 6.21. The maximum absolute atomic E-state index is 12.9. The highest BCUT2D eigenvalue weighted by Gasteiger charge is 2.31. The fraction of sp³-hybridized carbons (Fsp3) is 0.389. The van der Waals surface area contributed by atoms with Gasteiger partial charge in [0.05, 0.1) is 18.9 Å². The number of anilines is 2. The van der Waals surface area contributed by atoms with Crippen LogP contribution in [0.15, 0.2) is 42.7 Å². The summed E-state index contributed by atoms with van der Waals surface area (Å²) in [6.07, 6.45) is 0.760. The van der Waals surface area contributed by atoms with E-state index in [1.807, 2.05) is 4.90 Å². The Bertz CT molecular complexity index is 697. The first-order valence-corrected chi connectivity index (χ1v) is 8.16. The maximum atomic E-state index is 12.9. The van der Waals surface area contributed by atoms with Crippen LogP contribution in [-0.4, -0.2) is 31.2 Å². The zero-order chi connectivity index (χ0) is 17.9. The van der Waals surface area contributed by atoms with Crippen LogP contribution in [0.2, 0.25) is 0 Å². The normalized spacial score (nSPS) is 15.8. The molecule has 0 unspecified atom stereocenters. The Morgan fingerprint density at radius 3 is 2.40 bits per heavy atom. The topological polar surface area (TPSA) is 37.4 Å². The number of alkyl halides is 3. The molecule has 2 aromatic rings. The van der Waals surface area contributed by atoms with Gasteiger partial charge in [-0.15, -0.1) is 0 Å². The first kappa shape index (κ1) is 17.5. The minimum atomic E-state index is -4.34. The van der Waals surface area contributed by atoms with Crippen LogP contribution in [0, 0.1) is 0 Å². The monoisotopic (exact) mass is 351 g/mol. The molecule has 25 heavy (non-hydrogen) atoms. The molecule has 3 rings (SSSR count). The standard InChI is InChI=1S/C18H20F3N3O/c1-25-17-8-11-23-12-16(17)24(15-6-9-22-10-7-15)14-4-2-13(3-5-14)18(19,20)21/h2-5,8,11-12,15,22H,6-7,9-10H2,1H3. The number of hydrogen-bond donors (Lipinski definition) is 1. The average Bonchev–Trinajstić information content (AvgIpc) is 2.63. The van der Waals surface area contributed by atoms with E-state index in [0.717, 1.165) is 43.8 Å². The van der Waals surface area contributed by atoms with Crippen LogP contribution in [0.3, 0.4) is 0 Å².